The summed E-state index contributed by atoms with van der Waals surface area (Å²) < 4.78 is 39.5. The summed E-state index contributed by atoms with van der Waals surface area (Å²) in [5, 5.41) is 11.1. The second kappa shape index (κ2) is 6.30. The highest BCUT2D eigenvalue weighted by molar-refractivity contribution is 5.05. The quantitative estimate of drug-likeness (QED) is 0.892. The van der Waals surface area contributed by atoms with Crippen molar-refractivity contribution in [1.29, 1.82) is 0 Å². The summed E-state index contributed by atoms with van der Waals surface area (Å²) >= 11 is 0. The molecule has 0 bridgehead atoms. The summed E-state index contributed by atoms with van der Waals surface area (Å²) in [7, 11) is 0. The average molecular weight is 301 g/mol. The number of aromatic nitrogens is 4. The predicted molar refractivity (Wildman–Crippen MR) is 71.4 cm³/mol. The lowest BCUT2D eigenvalue weighted by atomic mass is 10.3. The molecule has 0 unspecified atom stereocenters. The molecular formula is C13H18F3N5. The van der Waals surface area contributed by atoms with Gasteiger partial charge in [0, 0.05) is 37.1 Å². The Hall–Kier alpha value is -1.83. The molecule has 0 spiro atoms. The van der Waals surface area contributed by atoms with Gasteiger partial charge < -0.3 is 5.32 Å². The third-order valence-electron chi connectivity index (χ3n) is 2.90. The monoisotopic (exact) mass is 301 g/mol. The molecule has 1 N–H and O–H groups in total. The van der Waals surface area contributed by atoms with Gasteiger partial charge in [-0.2, -0.15) is 23.4 Å². The summed E-state index contributed by atoms with van der Waals surface area (Å²) in [5.74, 6) is 0. The fourth-order valence-corrected chi connectivity index (χ4v) is 2.05. The Morgan fingerprint density at radius 3 is 2.67 bits per heavy atom. The van der Waals surface area contributed by atoms with Crippen molar-refractivity contribution in [1.82, 2.24) is 24.9 Å². The molecule has 0 atom stereocenters. The Morgan fingerprint density at radius 1 is 1.24 bits per heavy atom. The van der Waals surface area contributed by atoms with E-state index in [0.29, 0.717) is 13.1 Å². The number of hydrogen-bond acceptors (Lipinski definition) is 3. The molecule has 0 saturated carbocycles. The molecule has 0 saturated heterocycles. The van der Waals surface area contributed by atoms with E-state index in [1.807, 2.05) is 24.6 Å². The second-order valence-electron chi connectivity index (χ2n) is 5.13. The van der Waals surface area contributed by atoms with Gasteiger partial charge >= 0.3 is 6.18 Å². The molecule has 0 aliphatic rings. The fourth-order valence-electron chi connectivity index (χ4n) is 2.05. The summed E-state index contributed by atoms with van der Waals surface area (Å²) in [4.78, 5) is 0. The standard InChI is InChI=1S/C13H18F3N5/c1-10(2)21-12(3-4-18-21)7-17-5-11-6-19-20(8-11)9-13(14,15)16/h3-4,6,8,10,17H,5,7,9H2,1-2H3. The maximum Gasteiger partial charge on any atom is 0.408 e. The Kier molecular flexibility index (Phi) is 4.66. The molecule has 2 rings (SSSR count). The lowest BCUT2D eigenvalue weighted by Crippen LogP contribution is -2.18. The van der Waals surface area contributed by atoms with Crippen LogP contribution in [0.15, 0.2) is 24.7 Å². The first-order chi connectivity index (χ1) is 9.85. The average Bonchev–Trinajstić information content (AvgIpc) is 2.96. The minimum atomic E-state index is -4.25. The molecular weight excluding hydrogens is 283 g/mol. The van der Waals surface area contributed by atoms with Crippen LogP contribution in [0.5, 0.6) is 0 Å². The van der Waals surface area contributed by atoms with E-state index in [1.54, 1.807) is 6.20 Å². The smallest absolute Gasteiger partial charge is 0.307 e. The minimum absolute atomic E-state index is 0.270. The maximum atomic E-state index is 12.2. The number of rotatable bonds is 6. The Morgan fingerprint density at radius 2 is 2.00 bits per heavy atom. The molecule has 2 aromatic rings. The topological polar surface area (TPSA) is 47.7 Å². The maximum absolute atomic E-state index is 12.2. The summed E-state index contributed by atoms with van der Waals surface area (Å²) in [6, 6.07) is 2.19. The molecule has 116 valence electrons. The van der Waals surface area contributed by atoms with Crippen molar-refractivity contribution in [2.24, 2.45) is 0 Å². The first-order valence-electron chi connectivity index (χ1n) is 6.66. The zero-order valence-corrected chi connectivity index (χ0v) is 11.9. The highest BCUT2D eigenvalue weighted by Gasteiger charge is 2.28. The van der Waals surface area contributed by atoms with Crippen LogP contribution in [-0.2, 0) is 19.6 Å². The van der Waals surface area contributed by atoms with Gasteiger partial charge in [0.15, 0.2) is 0 Å². The lowest BCUT2D eigenvalue weighted by Gasteiger charge is -2.11. The molecule has 0 aliphatic heterocycles. The lowest BCUT2D eigenvalue weighted by molar-refractivity contribution is -0.142. The highest BCUT2D eigenvalue weighted by Crippen LogP contribution is 2.17. The zero-order valence-electron chi connectivity index (χ0n) is 11.9. The van der Waals surface area contributed by atoms with E-state index in [9.17, 15) is 13.2 Å². The van der Waals surface area contributed by atoms with Crippen LogP contribution in [0.1, 0.15) is 31.1 Å². The van der Waals surface area contributed by atoms with Gasteiger partial charge in [0.1, 0.15) is 6.54 Å². The highest BCUT2D eigenvalue weighted by atomic mass is 19.4. The van der Waals surface area contributed by atoms with Crippen LogP contribution >= 0.6 is 0 Å². The van der Waals surface area contributed by atoms with Gasteiger partial charge in [-0.1, -0.05) is 0 Å². The third kappa shape index (κ3) is 4.59. The van der Waals surface area contributed by atoms with Gasteiger partial charge in [-0.15, -0.1) is 0 Å². The normalized spacial score (nSPS) is 12.3. The van der Waals surface area contributed by atoms with Crippen molar-refractivity contribution < 1.29 is 13.2 Å². The molecule has 0 amide bonds. The SMILES string of the molecule is CC(C)n1nccc1CNCc1cnn(CC(F)(F)F)c1. The third-order valence-corrected chi connectivity index (χ3v) is 2.90. The molecule has 2 aromatic heterocycles. The van der Waals surface area contributed by atoms with Gasteiger partial charge in [0.25, 0.3) is 0 Å². The first kappa shape index (κ1) is 15.6. The van der Waals surface area contributed by atoms with Crippen LogP contribution in [0.3, 0.4) is 0 Å². The molecule has 8 heteroatoms. The van der Waals surface area contributed by atoms with Crippen molar-refractivity contribution in [3.8, 4) is 0 Å². The number of halogens is 3. The van der Waals surface area contributed by atoms with Crippen molar-refractivity contribution in [2.75, 3.05) is 0 Å². The minimum Gasteiger partial charge on any atom is -0.307 e. The van der Waals surface area contributed by atoms with Gasteiger partial charge in [0.05, 0.1) is 11.9 Å². The van der Waals surface area contributed by atoms with E-state index in [0.717, 1.165) is 15.9 Å². The molecule has 0 aromatic carbocycles. The van der Waals surface area contributed by atoms with Gasteiger partial charge in [0.2, 0.25) is 0 Å². The van der Waals surface area contributed by atoms with Gasteiger partial charge in [-0.05, 0) is 19.9 Å². The number of nitrogens with zero attached hydrogens (tertiary/aromatic N) is 4. The molecule has 0 fully saturated rings. The van der Waals surface area contributed by atoms with Gasteiger partial charge in [-0.25, -0.2) is 0 Å². The Bertz CT molecular complexity index is 570. The fraction of sp³-hybridized carbons (Fsp3) is 0.538. The molecule has 5 nitrogen and oxygen atoms in total. The van der Waals surface area contributed by atoms with Crippen molar-refractivity contribution in [2.45, 2.75) is 45.7 Å². The molecule has 2 heterocycles. The molecule has 21 heavy (non-hydrogen) atoms. The Labute approximate surface area is 120 Å². The van der Waals surface area contributed by atoms with Crippen molar-refractivity contribution in [3.05, 3.63) is 35.9 Å². The second-order valence-corrected chi connectivity index (χ2v) is 5.13. The Balaban J connectivity index is 1.85. The van der Waals surface area contributed by atoms with E-state index in [-0.39, 0.29) is 6.04 Å². The van der Waals surface area contributed by atoms with Crippen LogP contribution in [0, 0.1) is 0 Å². The first-order valence-corrected chi connectivity index (χ1v) is 6.66. The summed E-state index contributed by atoms with van der Waals surface area (Å²) in [6.45, 7) is 4.08. The van der Waals surface area contributed by atoms with E-state index >= 15 is 0 Å². The zero-order chi connectivity index (χ0) is 15.5. The summed E-state index contributed by atoms with van der Waals surface area (Å²) in [5.41, 5.74) is 1.75. The van der Waals surface area contributed by atoms with Crippen LogP contribution in [0.25, 0.3) is 0 Å². The number of alkyl halides is 3. The molecule has 0 aliphatic carbocycles. The van der Waals surface area contributed by atoms with Crippen LogP contribution < -0.4 is 5.32 Å². The number of nitrogens with one attached hydrogen (secondary N) is 1. The predicted octanol–water partition coefficient (Wildman–Crippen LogP) is 2.51. The largest absolute Gasteiger partial charge is 0.408 e. The van der Waals surface area contributed by atoms with E-state index in [2.05, 4.69) is 15.5 Å². The van der Waals surface area contributed by atoms with Crippen molar-refractivity contribution in [3.63, 3.8) is 0 Å². The van der Waals surface area contributed by atoms with Crippen molar-refractivity contribution >= 4 is 0 Å². The van der Waals surface area contributed by atoms with Crippen LogP contribution in [0.4, 0.5) is 13.2 Å². The number of hydrogen-bond donors (Lipinski definition) is 1. The van der Waals surface area contributed by atoms with E-state index in [1.165, 1.54) is 12.4 Å². The summed E-state index contributed by atoms with van der Waals surface area (Å²) in [6.07, 6.45) is 0.331. The van der Waals surface area contributed by atoms with E-state index in [4.69, 9.17) is 0 Å². The van der Waals surface area contributed by atoms with Gasteiger partial charge in [-0.3, -0.25) is 9.36 Å². The molecule has 0 radical (unpaired) electrons. The van der Waals surface area contributed by atoms with Crippen LogP contribution in [-0.4, -0.2) is 25.7 Å². The van der Waals surface area contributed by atoms with E-state index < -0.39 is 12.7 Å². The van der Waals surface area contributed by atoms with Crippen LogP contribution in [0.2, 0.25) is 0 Å².